The minimum atomic E-state index is -4.68. The monoisotopic (exact) mass is 779 g/mol. The highest BCUT2D eigenvalue weighted by atomic mass is 35.5. The molecule has 4 aromatic rings. The smallest absolute Gasteiger partial charge is 0.416 e. The number of benzene rings is 3. The van der Waals surface area contributed by atoms with Crippen LogP contribution in [-0.2, 0) is 26.7 Å². The van der Waals surface area contributed by atoms with E-state index in [9.17, 15) is 45.5 Å². The molecular weight excluding hydrogens is 756 g/mol. The number of imide groups is 1. The number of nitrogens with zero attached hydrogens (tertiary/aromatic N) is 1. The first-order valence-electron chi connectivity index (χ1n) is 15.9. The Morgan fingerprint density at radius 2 is 1.58 bits per heavy atom. The van der Waals surface area contributed by atoms with E-state index in [-0.39, 0.29) is 39.1 Å². The van der Waals surface area contributed by atoms with Crippen LogP contribution in [0, 0.1) is 29.6 Å². The van der Waals surface area contributed by atoms with Crippen molar-refractivity contribution < 1.29 is 45.5 Å². The molecule has 4 aliphatic rings. The molecule has 6 unspecified atom stereocenters. The predicted octanol–water partition coefficient (Wildman–Crippen LogP) is 7.82. The zero-order valence-corrected chi connectivity index (χ0v) is 28.6. The van der Waals surface area contributed by atoms with Crippen molar-refractivity contribution in [3.63, 3.8) is 0 Å². The number of H-pyrrole nitrogens is 1. The van der Waals surface area contributed by atoms with Gasteiger partial charge in [0, 0.05) is 32.3 Å². The SMILES string of the molecule is O=C(COc1ccc(Cl)cc1[C@H]1c2sc(=O)[nH]c2SC2C3CC(C4C(=O)N(c5cccc(C(F)(F)F)c5)C(=O)C34)C21)Nc1cccc(C(F)(F)F)c1. The van der Waals surface area contributed by atoms with E-state index < -0.39 is 71.5 Å². The third kappa shape index (κ3) is 5.78. The lowest BCUT2D eigenvalue weighted by Gasteiger charge is -2.43. The highest BCUT2D eigenvalue weighted by Crippen LogP contribution is 2.69. The van der Waals surface area contributed by atoms with Crippen LogP contribution in [0.15, 0.2) is 76.6 Å². The lowest BCUT2D eigenvalue weighted by atomic mass is 9.68. The number of aromatic amines is 1. The molecule has 17 heteroatoms. The second kappa shape index (κ2) is 12.4. The van der Waals surface area contributed by atoms with Crippen molar-refractivity contribution in [3.8, 4) is 5.75 Å². The lowest BCUT2D eigenvalue weighted by molar-refractivity contribution is -0.138. The molecule has 0 radical (unpaired) electrons. The molecule has 2 aliphatic carbocycles. The third-order valence-corrected chi connectivity index (χ3v) is 13.1. The third-order valence-electron chi connectivity index (χ3n) is 10.3. The number of hydrogen-bond acceptors (Lipinski definition) is 7. The van der Waals surface area contributed by atoms with Crippen LogP contribution in [0.3, 0.4) is 0 Å². The number of thiazole rings is 1. The summed E-state index contributed by atoms with van der Waals surface area (Å²) in [4.78, 5) is 57.6. The van der Waals surface area contributed by atoms with Gasteiger partial charge in [-0.1, -0.05) is 35.1 Å². The fraction of sp³-hybridized carbons (Fsp3) is 0.314. The van der Waals surface area contributed by atoms with E-state index in [0.29, 0.717) is 26.9 Å². The standard InChI is InChI=1S/C35H24ClF6N3O5S2/c36-16-7-8-22(50-13-23(46)43-17-5-1-3-14(9-17)34(37,38)39)19(11-16)24-25-20-12-21(28(25)51-30-29(24)52-33(49)44-30)27-26(20)31(47)45(32(27)48)18-6-2-4-15(10-18)35(40,41)42/h1-11,20-21,24-28H,12-13H2,(H,43,46)(H,44,49)/t20?,21?,24-,25?,26?,27?,28?/m1/s1. The van der Waals surface area contributed by atoms with Gasteiger partial charge in [-0.15, -0.1) is 11.8 Å². The van der Waals surface area contributed by atoms with Crippen molar-refractivity contribution in [2.75, 3.05) is 16.8 Å². The Morgan fingerprint density at radius 3 is 2.29 bits per heavy atom. The van der Waals surface area contributed by atoms with Gasteiger partial charge in [0.15, 0.2) is 6.61 Å². The average Bonchev–Trinajstić information content (AvgIpc) is 3.82. The molecule has 2 aliphatic heterocycles. The second-order valence-electron chi connectivity index (χ2n) is 13.1. The van der Waals surface area contributed by atoms with Crippen molar-refractivity contribution in [3.05, 3.63) is 103 Å². The van der Waals surface area contributed by atoms with Crippen molar-refractivity contribution in [2.24, 2.45) is 29.6 Å². The van der Waals surface area contributed by atoms with Gasteiger partial charge in [-0.3, -0.25) is 24.1 Å². The molecule has 3 aromatic carbocycles. The van der Waals surface area contributed by atoms with E-state index in [1.807, 2.05) is 0 Å². The van der Waals surface area contributed by atoms with Crippen molar-refractivity contribution >= 4 is 63.8 Å². The Morgan fingerprint density at radius 1 is 0.904 bits per heavy atom. The highest BCUT2D eigenvalue weighted by Gasteiger charge is 2.70. The van der Waals surface area contributed by atoms with Gasteiger partial charge < -0.3 is 15.0 Å². The Hall–Kier alpha value is -4.28. The van der Waals surface area contributed by atoms with Crippen molar-refractivity contribution in [1.82, 2.24) is 4.98 Å². The minimum absolute atomic E-state index is 0.0832. The van der Waals surface area contributed by atoms with Crippen LogP contribution in [0.2, 0.25) is 5.02 Å². The van der Waals surface area contributed by atoms with Crippen LogP contribution in [0.25, 0.3) is 0 Å². The van der Waals surface area contributed by atoms with Crippen LogP contribution < -0.4 is 19.8 Å². The molecule has 8 rings (SSSR count). The number of alkyl halides is 6. The van der Waals surface area contributed by atoms with E-state index in [0.717, 1.165) is 52.6 Å². The van der Waals surface area contributed by atoms with Gasteiger partial charge in [-0.05, 0) is 78.8 Å². The lowest BCUT2D eigenvalue weighted by Crippen LogP contribution is -2.42. The summed E-state index contributed by atoms with van der Waals surface area (Å²) >= 11 is 8.87. The Bertz CT molecular complexity index is 2210. The number of hydrogen-bond donors (Lipinski definition) is 2. The normalized spacial score (nSPS) is 26.3. The summed E-state index contributed by atoms with van der Waals surface area (Å²) in [5.41, 5.74) is -1.66. The molecule has 3 heterocycles. The van der Waals surface area contributed by atoms with Gasteiger partial charge in [-0.2, -0.15) is 26.3 Å². The highest BCUT2D eigenvalue weighted by molar-refractivity contribution is 8.00. The minimum Gasteiger partial charge on any atom is -0.483 e. The van der Waals surface area contributed by atoms with E-state index in [4.69, 9.17) is 16.3 Å². The number of anilines is 2. The number of nitrogens with one attached hydrogen (secondary N) is 2. The van der Waals surface area contributed by atoms with Crippen molar-refractivity contribution in [1.29, 1.82) is 0 Å². The van der Waals surface area contributed by atoms with E-state index in [1.165, 1.54) is 36.0 Å². The molecule has 3 amide bonds. The number of thioether (sulfide) groups is 1. The van der Waals surface area contributed by atoms with Gasteiger partial charge in [0.1, 0.15) is 5.75 Å². The first-order chi connectivity index (χ1) is 24.6. The van der Waals surface area contributed by atoms with Crippen LogP contribution in [0.4, 0.5) is 37.7 Å². The van der Waals surface area contributed by atoms with Crippen LogP contribution in [0.1, 0.15) is 33.9 Å². The molecule has 0 spiro atoms. The molecule has 2 N–H and O–H groups in total. The molecule has 2 bridgehead atoms. The first-order valence-corrected chi connectivity index (χ1v) is 18.0. The van der Waals surface area contributed by atoms with E-state index >= 15 is 0 Å². The Balaban J connectivity index is 1.11. The second-order valence-corrected chi connectivity index (χ2v) is 15.8. The number of amides is 3. The molecular formula is C35H24ClF6N3O5S2. The zero-order valence-electron chi connectivity index (χ0n) is 26.3. The number of carbonyl (C=O) groups excluding carboxylic acids is 3. The zero-order chi connectivity index (χ0) is 36.9. The summed E-state index contributed by atoms with van der Waals surface area (Å²) < 4.78 is 86.3. The summed E-state index contributed by atoms with van der Waals surface area (Å²) in [5, 5.41) is 3.01. The number of ether oxygens (including phenoxy) is 1. The van der Waals surface area contributed by atoms with Gasteiger partial charge >= 0.3 is 17.2 Å². The van der Waals surface area contributed by atoms with Gasteiger partial charge in [0.2, 0.25) is 11.8 Å². The Labute approximate surface area is 303 Å². The van der Waals surface area contributed by atoms with Gasteiger partial charge in [-0.25, -0.2) is 0 Å². The number of rotatable bonds is 6. The summed E-state index contributed by atoms with van der Waals surface area (Å²) in [6, 6.07) is 13.0. The Kier molecular flexibility index (Phi) is 8.30. The molecule has 52 heavy (non-hydrogen) atoms. The van der Waals surface area contributed by atoms with E-state index in [1.54, 1.807) is 6.07 Å². The van der Waals surface area contributed by atoms with Gasteiger partial charge in [0.05, 0.1) is 33.7 Å². The maximum Gasteiger partial charge on any atom is 0.416 e. The number of aromatic nitrogens is 1. The predicted molar refractivity (Wildman–Crippen MR) is 179 cm³/mol. The van der Waals surface area contributed by atoms with Gasteiger partial charge in [0.25, 0.3) is 5.91 Å². The topological polar surface area (TPSA) is 109 Å². The fourth-order valence-corrected chi connectivity index (χ4v) is 11.5. The molecule has 1 saturated heterocycles. The van der Waals surface area contributed by atoms with E-state index in [2.05, 4.69) is 10.3 Å². The average molecular weight is 780 g/mol. The maximum atomic E-state index is 14.1. The quantitative estimate of drug-likeness (QED) is 0.153. The van der Waals surface area contributed by atoms with Crippen molar-refractivity contribution in [2.45, 2.75) is 35.0 Å². The van der Waals surface area contributed by atoms with Crippen LogP contribution >= 0.6 is 34.7 Å². The molecule has 2 saturated carbocycles. The summed E-state index contributed by atoms with van der Waals surface area (Å²) in [7, 11) is 0. The molecule has 7 atom stereocenters. The molecule has 270 valence electrons. The summed E-state index contributed by atoms with van der Waals surface area (Å²) in [5.74, 6) is -4.89. The first kappa shape index (κ1) is 34.8. The summed E-state index contributed by atoms with van der Waals surface area (Å²) in [6.45, 7) is -0.591. The maximum absolute atomic E-state index is 14.1. The fourth-order valence-electron chi connectivity index (χ4n) is 8.45. The largest absolute Gasteiger partial charge is 0.483 e. The molecule has 3 fully saturated rings. The number of halogens is 7. The molecule has 8 nitrogen and oxygen atoms in total. The molecule has 1 aromatic heterocycles. The van der Waals surface area contributed by atoms with Crippen LogP contribution in [0.5, 0.6) is 5.75 Å². The number of fused-ring (bicyclic) bond motifs is 9. The van der Waals surface area contributed by atoms with Crippen LogP contribution in [-0.4, -0.2) is 34.6 Å². The summed E-state index contributed by atoms with van der Waals surface area (Å²) in [6.07, 6.45) is -8.79. The number of carbonyl (C=O) groups is 3.